The smallest absolute Gasteiger partial charge is 0.240 e. The van der Waals surface area contributed by atoms with Crippen LogP contribution >= 0.6 is 15.9 Å². The SMILES string of the molecule is CC(O)(CO)CNS(=O)(=O)c1ccc(CBr)cc1. The second kappa shape index (κ2) is 6.12. The summed E-state index contributed by atoms with van der Waals surface area (Å²) in [6.07, 6.45) is 0. The van der Waals surface area contributed by atoms with Crippen molar-refractivity contribution in [1.29, 1.82) is 0 Å². The first kappa shape index (κ1) is 15.6. The van der Waals surface area contributed by atoms with Gasteiger partial charge in [0.25, 0.3) is 0 Å². The molecule has 5 nitrogen and oxygen atoms in total. The molecule has 1 unspecified atom stereocenters. The van der Waals surface area contributed by atoms with Crippen molar-refractivity contribution in [2.45, 2.75) is 22.8 Å². The lowest BCUT2D eigenvalue weighted by Crippen LogP contribution is -2.43. The maximum atomic E-state index is 11.9. The van der Waals surface area contributed by atoms with Crippen molar-refractivity contribution in [3.63, 3.8) is 0 Å². The zero-order valence-electron chi connectivity index (χ0n) is 9.93. The van der Waals surface area contributed by atoms with E-state index in [0.29, 0.717) is 5.33 Å². The van der Waals surface area contributed by atoms with Gasteiger partial charge in [0.15, 0.2) is 0 Å². The molecule has 1 aromatic carbocycles. The Kier molecular flexibility index (Phi) is 5.30. The highest BCUT2D eigenvalue weighted by Crippen LogP contribution is 2.13. The molecule has 0 amide bonds. The molecule has 18 heavy (non-hydrogen) atoms. The van der Waals surface area contributed by atoms with E-state index in [2.05, 4.69) is 20.7 Å². The summed E-state index contributed by atoms with van der Waals surface area (Å²) >= 11 is 3.27. The first-order chi connectivity index (χ1) is 8.30. The van der Waals surface area contributed by atoms with Crippen molar-refractivity contribution in [2.24, 2.45) is 0 Å². The monoisotopic (exact) mass is 337 g/mol. The molecule has 0 bridgehead atoms. The van der Waals surface area contributed by atoms with E-state index < -0.39 is 22.2 Å². The van der Waals surface area contributed by atoms with Crippen LogP contribution in [0.15, 0.2) is 29.2 Å². The van der Waals surface area contributed by atoms with Gasteiger partial charge in [-0.2, -0.15) is 0 Å². The van der Waals surface area contributed by atoms with Crippen LogP contribution in [0.25, 0.3) is 0 Å². The van der Waals surface area contributed by atoms with E-state index in [1.807, 2.05) is 0 Å². The Morgan fingerprint density at radius 1 is 1.33 bits per heavy atom. The first-order valence-corrected chi connectivity index (χ1v) is 7.89. The third-order valence-corrected chi connectivity index (χ3v) is 4.44. The lowest BCUT2D eigenvalue weighted by atomic mass is 10.1. The molecule has 102 valence electrons. The Bertz CT molecular complexity index is 484. The van der Waals surface area contributed by atoms with Gasteiger partial charge >= 0.3 is 0 Å². The van der Waals surface area contributed by atoms with E-state index in [-0.39, 0.29) is 11.4 Å². The molecule has 0 aliphatic heterocycles. The maximum Gasteiger partial charge on any atom is 0.240 e. The van der Waals surface area contributed by atoms with Gasteiger partial charge in [-0.3, -0.25) is 0 Å². The molecule has 0 heterocycles. The minimum absolute atomic E-state index is 0.126. The summed E-state index contributed by atoms with van der Waals surface area (Å²) in [4.78, 5) is 0.126. The molecule has 3 N–H and O–H groups in total. The van der Waals surface area contributed by atoms with Crippen molar-refractivity contribution in [2.75, 3.05) is 13.2 Å². The number of rotatable bonds is 6. The van der Waals surface area contributed by atoms with E-state index in [4.69, 9.17) is 5.11 Å². The molecule has 0 saturated heterocycles. The van der Waals surface area contributed by atoms with Gasteiger partial charge < -0.3 is 10.2 Å². The average molecular weight is 338 g/mol. The summed E-state index contributed by atoms with van der Waals surface area (Å²) in [6.45, 7) is 0.591. The summed E-state index contributed by atoms with van der Waals surface area (Å²) in [7, 11) is -3.66. The largest absolute Gasteiger partial charge is 0.393 e. The minimum atomic E-state index is -3.66. The van der Waals surface area contributed by atoms with E-state index in [9.17, 15) is 13.5 Å². The number of halogens is 1. The second-order valence-electron chi connectivity index (χ2n) is 4.26. The third-order valence-electron chi connectivity index (χ3n) is 2.37. The zero-order valence-corrected chi connectivity index (χ0v) is 12.3. The number of hydrogen-bond donors (Lipinski definition) is 3. The fourth-order valence-electron chi connectivity index (χ4n) is 1.15. The number of benzene rings is 1. The minimum Gasteiger partial charge on any atom is -0.393 e. The molecule has 0 saturated carbocycles. The van der Waals surface area contributed by atoms with Gasteiger partial charge in [-0.1, -0.05) is 28.1 Å². The highest BCUT2D eigenvalue weighted by Gasteiger charge is 2.23. The van der Waals surface area contributed by atoms with Crippen LogP contribution in [0.2, 0.25) is 0 Å². The molecular formula is C11H16BrNO4S. The van der Waals surface area contributed by atoms with Crippen molar-refractivity contribution in [3.8, 4) is 0 Å². The quantitative estimate of drug-likeness (QED) is 0.663. The summed E-state index contributed by atoms with van der Waals surface area (Å²) < 4.78 is 26.0. The van der Waals surface area contributed by atoms with Crippen LogP contribution in [0.3, 0.4) is 0 Å². The van der Waals surface area contributed by atoms with Crippen molar-refractivity contribution in [3.05, 3.63) is 29.8 Å². The Morgan fingerprint density at radius 2 is 1.89 bits per heavy atom. The third kappa shape index (κ3) is 4.33. The topological polar surface area (TPSA) is 86.6 Å². The predicted octanol–water partition coefficient (Wildman–Crippen LogP) is 0.603. The van der Waals surface area contributed by atoms with E-state index in [0.717, 1.165) is 5.56 Å². The highest BCUT2D eigenvalue weighted by atomic mass is 79.9. The molecule has 0 aliphatic rings. The van der Waals surface area contributed by atoms with Crippen molar-refractivity contribution >= 4 is 26.0 Å². The first-order valence-electron chi connectivity index (χ1n) is 5.28. The van der Waals surface area contributed by atoms with E-state index in [1.54, 1.807) is 12.1 Å². The Hall–Kier alpha value is -0.470. The molecule has 0 radical (unpaired) electrons. The van der Waals surface area contributed by atoms with Crippen LogP contribution in [0.1, 0.15) is 12.5 Å². The van der Waals surface area contributed by atoms with Crippen LogP contribution in [0.5, 0.6) is 0 Å². The molecular weight excluding hydrogens is 322 g/mol. The molecule has 1 atom stereocenters. The summed E-state index contributed by atoms with van der Waals surface area (Å²) in [5.41, 5.74) is -0.501. The molecule has 7 heteroatoms. The maximum absolute atomic E-state index is 11.9. The van der Waals surface area contributed by atoms with Gasteiger partial charge in [0.05, 0.1) is 17.1 Å². The Labute approximate surface area is 115 Å². The van der Waals surface area contributed by atoms with Crippen LogP contribution in [-0.2, 0) is 15.4 Å². The molecule has 0 fully saturated rings. The standard InChI is InChI=1S/C11H16BrNO4S/c1-11(15,8-14)7-13-18(16,17)10-4-2-9(6-12)3-5-10/h2-5,13-15H,6-8H2,1H3. The van der Waals surface area contributed by atoms with E-state index >= 15 is 0 Å². The van der Waals surface area contributed by atoms with Gasteiger partial charge in [0.1, 0.15) is 0 Å². The van der Waals surface area contributed by atoms with Gasteiger partial charge in [0.2, 0.25) is 10.0 Å². The number of aliphatic hydroxyl groups is 2. The van der Waals surface area contributed by atoms with Gasteiger partial charge in [-0.15, -0.1) is 0 Å². The average Bonchev–Trinajstić information content (AvgIpc) is 2.37. The van der Waals surface area contributed by atoms with Crippen LogP contribution in [-0.4, -0.2) is 37.4 Å². The second-order valence-corrected chi connectivity index (χ2v) is 6.58. The fraction of sp³-hybridized carbons (Fsp3) is 0.455. The fourth-order valence-corrected chi connectivity index (χ4v) is 2.68. The highest BCUT2D eigenvalue weighted by molar-refractivity contribution is 9.08. The van der Waals surface area contributed by atoms with Crippen molar-refractivity contribution < 1.29 is 18.6 Å². The lowest BCUT2D eigenvalue weighted by Gasteiger charge is -2.20. The molecule has 0 aliphatic carbocycles. The zero-order chi connectivity index (χ0) is 13.8. The number of hydrogen-bond acceptors (Lipinski definition) is 4. The Morgan fingerprint density at radius 3 is 2.33 bits per heavy atom. The summed E-state index contributed by atoms with van der Waals surface area (Å²) in [5.74, 6) is 0. The van der Waals surface area contributed by atoms with Crippen LogP contribution in [0, 0.1) is 0 Å². The van der Waals surface area contributed by atoms with Crippen LogP contribution in [0.4, 0.5) is 0 Å². The number of nitrogens with one attached hydrogen (secondary N) is 1. The molecule has 0 spiro atoms. The number of aliphatic hydroxyl groups excluding tert-OH is 1. The summed E-state index contributed by atoms with van der Waals surface area (Å²) in [5, 5.41) is 19.0. The molecule has 0 aromatic heterocycles. The molecule has 1 rings (SSSR count). The van der Waals surface area contributed by atoms with Gasteiger partial charge in [0, 0.05) is 11.9 Å². The summed E-state index contributed by atoms with van der Waals surface area (Å²) in [6, 6.07) is 6.39. The van der Waals surface area contributed by atoms with Gasteiger partial charge in [-0.25, -0.2) is 13.1 Å². The van der Waals surface area contributed by atoms with E-state index in [1.165, 1.54) is 19.1 Å². The van der Waals surface area contributed by atoms with Crippen LogP contribution < -0.4 is 4.72 Å². The number of alkyl halides is 1. The molecule has 1 aromatic rings. The Balaban J connectivity index is 2.80. The van der Waals surface area contributed by atoms with Crippen molar-refractivity contribution in [1.82, 2.24) is 4.72 Å². The number of sulfonamides is 1. The normalized spacial score (nSPS) is 15.3. The van der Waals surface area contributed by atoms with Gasteiger partial charge in [-0.05, 0) is 24.6 Å². The predicted molar refractivity (Wildman–Crippen MR) is 72.0 cm³/mol. The lowest BCUT2D eigenvalue weighted by molar-refractivity contribution is 0.00681.